The summed E-state index contributed by atoms with van der Waals surface area (Å²) < 4.78 is 46.7. The number of nitrogens with one attached hydrogen (secondary N) is 1. The van der Waals surface area contributed by atoms with Crippen LogP contribution in [0.2, 0.25) is 0 Å². The molecule has 0 heterocycles. The van der Waals surface area contributed by atoms with Crippen molar-refractivity contribution in [3.8, 4) is 0 Å². The van der Waals surface area contributed by atoms with Crippen LogP contribution >= 0.6 is 15.9 Å². The highest BCUT2D eigenvalue weighted by Gasteiger charge is 2.09. The molecule has 0 aliphatic rings. The van der Waals surface area contributed by atoms with Gasteiger partial charge in [-0.2, -0.15) is 0 Å². The molecule has 0 saturated heterocycles. The van der Waals surface area contributed by atoms with Crippen LogP contribution in [0, 0.1) is 0 Å². The van der Waals surface area contributed by atoms with Crippen molar-refractivity contribution in [3.63, 3.8) is 0 Å². The van der Waals surface area contributed by atoms with Gasteiger partial charge >= 0.3 is 0 Å². The standard InChI is InChI=1S/C8H10BrNO4S2/c1-15(11,12)8-4-2-7(3-5-8)10-16(13,14)6-9/h2-5,10H,6H2,1H3. The Labute approximate surface area is 103 Å². The highest BCUT2D eigenvalue weighted by Crippen LogP contribution is 2.15. The van der Waals surface area contributed by atoms with Gasteiger partial charge < -0.3 is 0 Å². The minimum absolute atomic E-state index is 0.147. The Morgan fingerprint density at radius 3 is 2.00 bits per heavy atom. The topological polar surface area (TPSA) is 80.3 Å². The fourth-order valence-electron chi connectivity index (χ4n) is 0.977. The van der Waals surface area contributed by atoms with Crippen molar-refractivity contribution in [1.29, 1.82) is 0 Å². The van der Waals surface area contributed by atoms with Gasteiger partial charge in [-0.3, -0.25) is 4.72 Å². The van der Waals surface area contributed by atoms with Crippen molar-refractivity contribution < 1.29 is 16.8 Å². The monoisotopic (exact) mass is 327 g/mol. The summed E-state index contributed by atoms with van der Waals surface area (Å²) in [4.78, 5) is 0.147. The molecule has 0 fully saturated rings. The van der Waals surface area contributed by atoms with E-state index in [4.69, 9.17) is 0 Å². The first-order valence-corrected chi connectivity index (χ1v) is 8.78. The van der Waals surface area contributed by atoms with Crippen molar-refractivity contribution in [2.24, 2.45) is 0 Å². The normalized spacial score (nSPS) is 12.4. The predicted octanol–water partition coefficient (Wildman–Crippen LogP) is 1.18. The minimum atomic E-state index is -3.40. The minimum Gasteiger partial charge on any atom is -0.283 e. The quantitative estimate of drug-likeness (QED) is 0.842. The summed E-state index contributed by atoms with van der Waals surface area (Å²) in [7, 11) is -6.66. The molecule has 1 rings (SSSR count). The molecule has 0 amide bonds. The zero-order chi connectivity index (χ0) is 12.4. The Morgan fingerprint density at radius 1 is 1.12 bits per heavy atom. The third-order valence-electron chi connectivity index (χ3n) is 1.70. The van der Waals surface area contributed by atoms with E-state index in [1.165, 1.54) is 24.3 Å². The first-order valence-electron chi connectivity index (χ1n) is 4.11. The summed E-state index contributed by atoms with van der Waals surface area (Å²) in [6, 6.07) is 5.50. The van der Waals surface area contributed by atoms with Crippen LogP contribution < -0.4 is 4.72 Å². The van der Waals surface area contributed by atoms with Gasteiger partial charge in [0.05, 0.1) is 4.90 Å². The number of hydrogen-bond acceptors (Lipinski definition) is 4. The maximum absolute atomic E-state index is 11.2. The molecule has 16 heavy (non-hydrogen) atoms. The Hall–Kier alpha value is -0.600. The lowest BCUT2D eigenvalue weighted by atomic mass is 10.3. The Bertz CT molecular complexity index is 563. The van der Waals surface area contributed by atoms with E-state index in [0.717, 1.165) is 6.26 Å². The second kappa shape index (κ2) is 4.72. The molecule has 0 aliphatic carbocycles. The molecule has 0 spiro atoms. The zero-order valence-electron chi connectivity index (χ0n) is 8.34. The van der Waals surface area contributed by atoms with Gasteiger partial charge in [0.15, 0.2) is 9.84 Å². The fourth-order valence-corrected chi connectivity index (χ4v) is 2.50. The van der Waals surface area contributed by atoms with Crippen molar-refractivity contribution in [2.75, 3.05) is 15.6 Å². The number of benzene rings is 1. The summed E-state index contributed by atoms with van der Waals surface area (Å²) in [6.07, 6.45) is 1.09. The smallest absolute Gasteiger partial charge is 0.242 e. The lowest BCUT2D eigenvalue weighted by molar-refractivity contribution is 0.601. The van der Waals surface area contributed by atoms with Crippen LogP contribution in [0.5, 0.6) is 0 Å². The Kier molecular flexibility index (Phi) is 3.97. The van der Waals surface area contributed by atoms with Gasteiger partial charge in [0, 0.05) is 11.9 Å². The molecule has 0 aromatic heterocycles. The summed E-state index contributed by atoms with van der Waals surface area (Å²) in [5.41, 5.74) is 0.326. The Balaban J connectivity index is 2.97. The summed E-state index contributed by atoms with van der Waals surface area (Å²) in [5.74, 6) is 0. The average molecular weight is 328 g/mol. The SMILES string of the molecule is CS(=O)(=O)c1ccc(NS(=O)(=O)CBr)cc1. The van der Waals surface area contributed by atoms with Crippen molar-refractivity contribution >= 4 is 41.5 Å². The largest absolute Gasteiger partial charge is 0.283 e. The zero-order valence-corrected chi connectivity index (χ0v) is 11.6. The van der Waals surface area contributed by atoms with Crippen molar-refractivity contribution in [2.45, 2.75) is 4.90 Å². The number of sulfonamides is 1. The van der Waals surface area contributed by atoms with E-state index in [1.54, 1.807) is 0 Å². The van der Waals surface area contributed by atoms with Crippen LogP contribution in [0.1, 0.15) is 0 Å². The highest BCUT2D eigenvalue weighted by molar-refractivity contribution is 9.10. The number of halogens is 1. The average Bonchev–Trinajstić information content (AvgIpc) is 2.16. The molecule has 1 N–H and O–H groups in total. The molecule has 1 aromatic rings. The number of sulfone groups is 1. The molecule has 5 nitrogen and oxygen atoms in total. The van der Waals surface area contributed by atoms with E-state index < -0.39 is 19.9 Å². The molecule has 0 radical (unpaired) electrons. The Morgan fingerprint density at radius 2 is 1.62 bits per heavy atom. The summed E-state index contributed by atoms with van der Waals surface area (Å²) in [6.45, 7) is 0. The molecule has 90 valence electrons. The fraction of sp³-hybridized carbons (Fsp3) is 0.250. The van der Waals surface area contributed by atoms with Gasteiger partial charge in [0.1, 0.15) is 4.66 Å². The van der Waals surface area contributed by atoms with E-state index in [-0.39, 0.29) is 9.56 Å². The van der Waals surface area contributed by atoms with E-state index >= 15 is 0 Å². The first kappa shape index (κ1) is 13.5. The van der Waals surface area contributed by atoms with Gasteiger partial charge in [-0.25, -0.2) is 16.8 Å². The molecule has 0 atom stereocenters. The van der Waals surface area contributed by atoms with E-state index in [0.29, 0.717) is 5.69 Å². The van der Waals surface area contributed by atoms with Crippen LogP contribution in [0.3, 0.4) is 0 Å². The maximum Gasteiger partial charge on any atom is 0.242 e. The summed E-state index contributed by atoms with van der Waals surface area (Å²) >= 11 is 2.83. The molecular weight excluding hydrogens is 318 g/mol. The van der Waals surface area contributed by atoms with Crippen LogP contribution in [0.4, 0.5) is 5.69 Å². The van der Waals surface area contributed by atoms with Crippen molar-refractivity contribution in [1.82, 2.24) is 0 Å². The van der Waals surface area contributed by atoms with Crippen molar-refractivity contribution in [3.05, 3.63) is 24.3 Å². The highest BCUT2D eigenvalue weighted by atomic mass is 79.9. The second-order valence-corrected chi connectivity index (χ2v) is 8.16. The predicted molar refractivity (Wildman–Crippen MR) is 65.9 cm³/mol. The third kappa shape index (κ3) is 3.76. The number of alkyl halides is 1. The molecule has 8 heteroatoms. The van der Waals surface area contributed by atoms with E-state index in [2.05, 4.69) is 20.7 Å². The van der Waals surface area contributed by atoms with Gasteiger partial charge in [-0.1, -0.05) is 15.9 Å². The van der Waals surface area contributed by atoms with Gasteiger partial charge in [0.25, 0.3) is 0 Å². The van der Waals surface area contributed by atoms with E-state index in [1.807, 2.05) is 0 Å². The number of hydrogen-bond donors (Lipinski definition) is 1. The molecule has 0 bridgehead atoms. The van der Waals surface area contributed by atoms with Crippen LogP contribution in [-0.4, -0.2) is 27.8 Å². The third-order valence-corrected chi connectivity index (χ3v) is 5.47. The molecule has 0 saturated carbocycles. The van der Waals surface area contributed by atoms with Gasteiger partial charge in [-0.05, 0) is 24.3 Å². The second-order valence-electron chi connectivity index (χ2n) is 3.12. The van der Waals surface area contributed by atoms with Crippen LogP contribution in [0.15, 0.2) is 29.2 Å². The number of rotatable bonds is 4. The van der Waals surface area contributed by atoms with Gasteiger partial charge in [0.2, 0.25) is 10.0 Å². The van der Waals surface area contributed by atoms with Crippen LogP contribution in [-0.2, 0) is 19.9 Å². The molecule has 1 aromatic carbocycles. The molecular formula is C8H10BrNO4S2. The molecule has 0 unspecified atom stereocenters. The van der Waals surface area contributed by atoms with E-state index in [9.17, 15) is 16.8 Å². The lowest BCUT2D eigenvalue weighted by Crippen LogP contribution is -2.13. The first-order chi connectivity index (χ1) is 7.24. The molecule has 0 aliphatic heterocycles. The lowest BCUT2D eigenvalue weighted by Gasteiger charge is -2.05. The van der Waals surface area contributed by atoms with Crippen LogP contribution in [0.25, 0.3) is 0 Å². The number of anilines is 1. The maximum atomic E-state index is 11.2. The van der Waals surface area contributed by atoms with Gasteiger partial charge in [-0.15, -0.1) is 0 Å². The summed E-state index contributed by atoms with van der Waals surface area (Å²) in [5, 5.41) is 0.